The average molecular weight is 583 g/mol. The Morgan fingerprint density at radius 2 is 1.34 bits per heavy atom. The summed E-state index contributed by atoms with van der Waals surface area (Å²) < 4.78 is 16.2. The van der Waals surface area contributed by atoms with Crippen molar-refractivity contribution in [3.63, 3.8) is 0 Å². The Morgan fingerprint density at radius 1 is 0.805 bits per heavy atom. The van der Waals surface area contributed by atoms with E-state index >= 15 is 0 Å². The van der Waals surface area contributed by atoms with Crippen molar-refractivity contribution in [2.24, 2.45) is 5.73 Å². The lowest BCUT2D eigenvalue weighted by Crippen LogP contribution is -2.06. The molecule has 0 saturated carbocycles. The van der Waals surface area contributed by atoms with E-state index in [9.17, 15) is 14.4 Å². The lowest BCUT2D eigenvalue weighted by Gasteiger charge is -2.01. The summed E-state index contributed by atoms with van der Waals surface area (Å²) in [6.07, 6.45) is 7.90. The van der Waals surface area contributed by atoms with Crippen LogP contribution in [0.15, 0.2) is 67.5 Å². The van der Waals surface area contributed by atoms with Crippen molar-refractivity contribution >= 4 is 41.6 Å². The number of aromatic nitrogens is 4. The molecule has 0 aliphatic carbocycles. The SMILES string of the molecule is CCOC(=O)c1ccc(CN)nc1.CCOC(=O)c1ccc2cncn2c1.Cl.[C-]#[N+]c1ccc(C(=O)OCC)cn1. The Hall–Kier alpha value is -4.86. The van der Waals surface area contributed by atoms with Gasteiger partial charge in [-0.25, -0.2) is 19.4 Å². The Balaban J connectivity index is 0.000000304. The van der Waals surface area contributed by atoms with Crippen LogP contribution in [0, 0.1) is 6.57 Å². The lowest BCUT2D eigenvalue weighted by atomic mass is 10.2. The van der Waals surface area contributed by atoms with Crippen molar-refractivity contribution in [3.05, 3.63) is 101 Å². The molecule has 4 aromatic rings. The van der Waals surface area contributed by atoms with E-state index in [1.807, 2.05) is 6.07 Å². The number of carbonyl (C=O) groups excluding carboxylic acids is 3. The molecule has 0 aliphatic heterocycles. The fraction of sp³-hybridized carbons (Fsp3) is 0.250. The highest BCUT2D eigenvalue weighted by molar-refractivity contribution is 5.90. The van der Waals surface area contributed by atoms with Crippen molar-refractivity contribution in [2.45, 2.75) is 27.3 Å². The van der Waals surface area contributed by atoms with Crippen LogP contribution in [0.25, 0.3) is 10.4 Å². The first-order valence-corrected chi connectivity index (χ1v) is 12.3. The Bertz CT molecular complexity index is 1440. The van der Waals surface area contributed by atoms with Crippen molar-refractivity contribution in [1.82, 2.24) is 19.4 Å². The number of esters is 3. The van der Waals surface area contributed by atoms with Gasteiger partial charge < -0.3 is 29.2 Å². The molecule has 0 aromatic carbocycles. The van der Waals surface area contributed by atoms with Gasteiger partial charge in [0.1, 0.15) is 11.8 Å². The third-order valence-electron chi connectivity index (χ3n) is 4.84. The summed E-state index contributed by atoms with van der Waals surface area (Å²) in [7, 11) is 0. The summed E-state index contributed by atoms with van der Waals surface area (Å²) in [5.74, 6) is -0.791. The molecule has 0 spiro atoms. The molecule has 0 saturated heterocycles. The topological polar surface area (TPSA) is 152 Å². The first kappa shape index (κ1) is 34.2. The van der Waals surface area contributed by atoms with Crippen molar-refractivity contribution in [1.29, 1.82) is 0 Å². The smallest absolute Gasteiger partial charge is 0.341 e. The van der Waals surface area contributed by atoms with Crippen LogP contribution >= 0.6 is 12.4 Å². The van der Waals surface area contributed by atoms with Gasteiger partial charge in [0.2, 0.25) is 0 Å². The van der Waals surface area contributed by atoms with Crippen LogP contribution in [-0.2, 0) is 20.8 Å². The molecule has 0 aliphatic rings. The van der Waals surface area contributed by atoms with E-state index in [4.69, 9.17) is 26.5 Å². The normalized spacial score (nSPS) is 9.44. The number of hydrogen-bond donors (Lipinski definition) is 1. The molecule has 4 aromatic heterocycles. The highest BCUT2D eigenvalue weighted by Gasteiger charge is 2.08. The fourth-order valence-corrected chi connectivity index (χ4v) is 2.92. The molecule has 0 radical (unpaired) electrons. The number of halogens is 1. The second-order valence-corrected chi connectivity index (χ2v) is 7.56. The van der Waals surface area contributed by atoms with Gasteiger partial charge in [-0.1, -0.05) is 12.6 Å². The van der Waals surface area contributed by atoms with Crippen LogP contribution in [-0.4, -0.2) is 57.1 Å². The highest BCUT2D eigenvalue weighted by atomic mass is 35.5. The van der Waals surface area contributed by atoms with Gasteiger partial charge in [-0.15, -0.1) is 17.4 Å². The zero-order valence-electron chi connectivity index (χ0n) is 22.9. The van der Waals surface area contributed by atoms with E-state index in [1.165, 1.54) is 24.5 Å². The van der Waals surface area contributed by atoms with Crippen LogP contribution in [0.5, 0.6) is 0 Å². The first-order chi connectivity index (χ1) is 19.4. The Kier molecular flexibility index (Phi) is 15.4. The molecule has 0 fully saturated rings. The molecule has 4 rings (SSSR count). The number of nitrogens with two attached hydrogens (primary N) is 1. The summed E-state index contributed by atoms with van der Waals surface area (Å²) in [5.41, 5.74) is 8.44. The van der Waals surface area contributed by atoms with Crippen LogP contribution in [0.2, 0.25) is 0 Å². The van der Waals surface area contributed by atoms with E-state index in [-0.39, 0.29) is 30.2 Å². The van der Waals surface area contributed by atoms with Gasteiger partial charge in [-0.2, -0.15) is 0 Å². The second kappa shape index (κ2) is 18.4. The number of carbonyl (C=O) groups is 3. The minimum absolute atomic E-state index is 0. The average Bonchev–Trinajstić information content (AvgIpc) is 3.46. The molecule has 216 valence electrons. The molecule has 4 heterocycles. The van der Waals surface area contributed by atoms with E-state index < -0.39 is 5.97 Å². The van der Waals surface area contributed by atoms with E-state index in [0.29, 0.717) is 43.1 Å². The predicted molar refractivity (Wildman–Crippen MR) is 153 cm³/mol. The van der Waals surface area contributed by atoms with E-state index in [0.717, 1.165) is 11.2 Å². The zero-order chi connectivity index (χ0) is 29.3. The summed E-state index contributed by atoms with van der Waals surface area (Å²) >= 11 is 0. The third kappa shape index (κ3) is 11.0. The standard InChI is InChI=1S/C10H10N2O2.C9H8N2O2.C9H12N2O2.ClH/c1-2-14-10(13)8-3-4-9-5-11-7-12(9)6-8;1-3-13-9(12)7-4-5-8(10-2)11-6-7;1-2-13-9(12)7-3-4-8(5-10)11-6-7;/h3-7H,2H2,1H3;4-6H,3H2,1H3;3-4,6H,2,5,10H2,1H3;1H. The number of pyridine rings is 3. The number of fused-ring (bicyclic) bond motifs is 1. The van der Waals surface area contributed by atoms with Crippen LogP contribution in [0.3, 0.4) is 0 Å². The van der Waals surface area contributed by atoms with Gasteiger partial charge in [0.15, 0.2) is 0 Å². The zero-order valence-corrected chi connectivity index (χ0v) is 23.7. The molecule has 13 heteroatoms. The molecular weight excluding hydrogens is 552 g/mol. The number of rotatable bonds is 7. The van der Waals surface area contributed by atoms with Gasteiger partial charge in [0.05, 0.1) is 54.7 Å². The largest absolute Gasteiger partial charge is 0.462 e. The maximum atomic E-state index is 11.4. The van der Waals surface area contributed by atoms with Crippen molar-refractivity contribution < 1.29 is 28.6 Å². The number of imidazole rings is 1. The molecule has 0 atom stereocenters. The minimum Gasteiger partial charge on any atom is -0.462 e. The lowest BCUT2D eigenvalue weighted by molar-refractivity contribution is 0.0516. The summed E-state index contributed by atoms with van der Waals surface area (Å²) in [5, 5.41) is 0. The molecule has 0 unspecified atom stereocenters. The van der Waals surface area contributed by atoms with Gasteiger partial charge in [0, 0.05) is 18.9 Å². The molecule has 2 N–H and O–H groups in total. The molecule has 0 bridgehead atoms. The quantitative estimate of drug-likeness (QED) is 0.188. The van der Waals surface area contributed by atoms with Crippen LogP contribution in [0.1, 0.15) is 57.5 Å². The fourth-order valence-electron chi connectivity index (χ4n) is 2.92. The maximum Gasteiger partial charge on any atom is 0.341 e. The van der Waals surface area contributed by atoms with Crippen molar-refractivity contribution in [3.8, 4) is 0 Å². The van der Waals surface area contributed by atoms with Crippen molar-refractivity contribution in [2.75, 3.05) is 19.8 Å². The number of ether oxygens (including phenoxy) is 3. The number of nitrogens with zero attached hydrogens (tertiary/aromatic N) is 5. The Labute approximate surface area is 243 Å². The summed E-state index contributed by atoms with van der Waals surface area (Å²) in [6, 6.07) is 9.95. The third-order valence-corrected chi connectivity index (χ3v) is 4.84. The Morgan fingerprint density at radius 3 is 1.80 bits per heavy atom. The van der Waals surface area contributed by atoms with Gasteiger partial charge in [0.25, 0.3) is 5.82 Å². The molecule has 41 heavy (non-hydrogen) atoms. The number of hydrogen-bond acceptors (Lipinski definition) is 10. The van der Waals surface area contributed by atoms with Crippen LogP contribution < -0.4 is 5.73 Å². The molecule has 12 nitrogen and oxygen atoms in total. The monoisotopic (exact) mass is 582 g/mol. The second-order valence-electron chi connectivity index (χ2n) is 7.56. The summed E-state index contributed by atoms with van der Waals surface area (Å²) in [6.45, 7) is 13.4. The van der Waals surface area contributed by atoms with Gasteiger partial charge in [-0.05, 0) is 51.1 Å². The molecule has 0 amide bonds. The van der Waals surface area contributed by atoms with Gasteiger partial charge in [-0.3, -0.25) is 4.98 Å². The summed E-state index contributed by atoms with van der Waals surface area (Å²) in [4.78, 5) is 48.4. The van der Waals surface area contributed by atoms with Gasteiger partial charge >= 0.3 is 17.9 Å². The molecular formula is C28H31ClN6O6. The highest BCUT2D eigenvalue weighted by Crippen LogP contribution is 2.09. The maximum absolute atomic E-state index is 11.4. The van der Waals surface area contributed by atoms with E-state index in [1.54, 1.807) is 62.1 Å². The predicted octanol–water partition coefficient (Wildman–Crippen LogP) is 4.46. The van der Waals surface area contributed by atoms with Crippen LogP contribution in [0.4, 0.5) is 5.82 Å². The first-order valence-electron chi connectivity index (χ1n) is 12.3. The van der Waals surface area contributed by atoms with E-state index in [2.05, 4.69) is 19.8 Å². The minimum atomic E-state index is -0.411.